The highest BCUT2D eigenvalue weighted by Gasteiger charge is 2.33. The molecule has 1 saturated carbocycles. The van der Waals surface area contributed by atoms with Gasteiger partial charge in [-0.3, -0.25) is 4.79 Å². The van der Waals surface area contributed by atoms with Crippen LogP contribution in [0.25, 0.3) is 11.1 Å². The second-order valence-electron chi connectivity index (χ2n) is 8.64. The standard InChI is InChI=1S/C23H30FN3O2P2/c1-29-16-8-6-15(7-9-16)22(28)26-20-18(17-4-2-3-5-19(17)24)10-12-25-21(20)27-13-11-23(30,31)14-27/h2-5,10,12,15-16H,6-9,11,13-14,30-31H2,1H3,(H,26,28). The fourth-order valence-electron chi connectivity index (χ4n) is 4.54. The molecule has 1 aromatic heterocycles. The minimum absolute atomic E-state index is 0.00942. The van der Waals surface area contributed by atoms with Gasteiger partial charge in [0.1, 0.15) is 5.82 Å². The second kappa shape index (κ2) is 9.48. The highest BCUT2D eigenvalue weighted by molar-refractivity contribution is 7.40. The van der Waals surface area contributed by atoms with Crippen molar-refractivity contribution in [3.05, 3.63) is 42.3 Å². The molecule has 1 aliphatic carbocycles. The van der Waals surface area contributed by atoms with Gasteiger partial charge in [-0.05, 0) is 44.2 Å². The van der Waals surface area contributed by atoms with Gasteiger partial charge in [-0.25, -0.2) is 9.37 Å². The monoisotopic (exact) mass is 461 g/mol. The van der Waals surface area contributed by atoms with Crippen LogP contribution in [0, 0.1) is 11.7 Å². The van der Waals surface area contributed by atoms with Gasteiger partial charge >= 0.3 is 0 Å². The lowest BCUT2D eigenvalue weighted by Crippen LogP contribution is -2.31. The molecule has 2 atom stereocenters. The van der Waals surface area contributed by atoms with Crippen LogP contribution in [0.3, 0.4) is 0 Å². The molecule has 1 aliphatic heterocycles. The Kier molecular flexibility index (Phi) is 6.91. The number of hydrogen-bond acceptors (Lipinski definition) is 4. The first kappa shape index (κ1) is 22.6. The third-order valence-electron chi connectivity index (χ3n) is 6.35. The zero-order chi connectivity index (χ0) is 22.0. The van der Waals surface area contributed by atoms with Gasteiger partial charge in [-0.2, -0.15) is 0 Å². The Morgan fingerprint density at radius 1 is 1.19 bits per heavy atom. The van der Waals surface area contributed by atoms with Crippen LogP contribution in [0.5, 0.6) is 0 Å². The highest BCUT2D eigenvalue weighted by Crippen LogP contribution is 2.43. The molecule has 8 heteroatoms. The quantitative estimate of drug-likeness (QED) is 0.657. The molecular weight excluding hydrogens is 431 g/mol. The van der Waals surface area contributed by atoms with Crippen LogP contribution < -0.4 is 10.2 Å². The number of halogens is 1. The van der Waals surface area contributed by atoms with E-state index in [2.05, 4.69) is 33.7 Å². The van der Waals surface area contributed by atoms with E-state index >= 15 is 0 Å². The SMILES string of the molecule is COC1CCC(C(=O)Nc2c(-c3ccccc3F)ccnc2N2CCC(P)(P)C2)CC1. The summed E-state index contributed by atoms with van der Waals surface area (Å²) in [6.45, 7) is 1.60. The highest BCUT2D eigenvalue weighted by atomic mass is 31.1. The van der Waals surface area contributed by atoms with Crippen molar-refractivity contribution >= 4 is 35.9 Å². The minimum Gasteiger partial charge on any atom is -0.381 e. The summed E-state index contributed by atoms with van der Waals surface area (Å²) in [4.78, 5) is 20.0. The molecule has 2 fully saturated rings. The number of ether oxygens (including phenoxy) is 1. The summed E-state index contributed by atoms with van der Waals surface area (Å²) in [6, 6.07) is 8.45. The predicted molar refractivity (Wildman–Crippen MR) is 130 cm³/mol. The summed E-state index contributed by atoms with van der Waals surface area (Å²) in [5, 5.41) is 3.15. The third-order valence-corrected chi connectivity index (χ3v) is 7.30. The van der Waals surface area contributed by atoms with Gasteiger partial charge in [0, 0.05) is 48.3 Å². The first-order chi connectivity index (χ1) is 14.9. The van der Waals surface area contributed by atoms with Gasteiger partial charge in [-0.15, -0.1) is 18.5 Å². The van der Waals surface area contributed by atoms with Crippen LogP contribution in [-0.2, 0) is 9.53 Å². The van der Waals surface area contributed by atoms with Crippen LogP contribution in [0.4, 0.5) is 15.9 Å². The van der Waals surface area contributed by atoms with Crippen LogP contribution in [0.2, 0.25) is 0 Å². The topological polar surface area (TPSA) is 54.5 Å². The Hall–Kier alpha value is -1.61. The second-order valence-corrected chi connectivity index (χ2v) is 11.6. The molecule has 2 aliphatic rings. The molecule has 2 aromatic rings. The number of carbonyl (C=O) groups is 1. The molecule has 1 amide bonds. The van der Waals surface area contributed by atoms with Crippen molar-refractivity contribution in [3.8, 4) is 11.1 Å². The molecule has 1 saturated heterocycles. The molecule has 0 spiro atoms. The summed E-state index contributed by atoms with van der Waals surface area (Å²) in [7, 11) is 7.49. The minimum atomic E-state index is -0.316. The molecule has 1 N–H and O–H groups in total. The van der Waals surface area contributed by atoms with E-state index in [9.17, 15) is 9.18 Å². The Morgan fingerprint density at radius 3 is 2.58 bits per heavy atom. The summed E-state index contributed by atoms with van der Waals surface area (Å²) in [6.07, 6.45) is 6.24. The van der Waals surface area contributed by atoms with Gasteiger partial charge in [-0.1, -0.05) is 18.2 Å². The zero-order valence-corrected chi connectivity index (χ0v) is 20.1. The van der Waals surface area contributed by atoms with Crippen LogP contribution in [-0.4, -0.2) is 42.1 Å². The number of aromatic nitrogens is 1. The average molecular weight is 461 g/mol. The molecule has 4 rings (SSSR count). The maximum absolute atomic E-state index is 14.7. The van der Waals surface area contributed by atoms with E-state index in [1.54, 1.807) is 31.5 Å². The van der Waals surface area contributed by atoms with Gasteiger partial charge < -0.3 is 15.0 Å². The first-order valence-electron chi connectivity index (χ1n) is 10.8. The molecule has 166 valence electrons. The number of nitrogens with one attached hydrogen (secondary N) is 1. The van der Waals surface area contributed by atoms with Gasteiger partial charge in [0.05, 0.1) is 11.8 Å². The van der Waals surface area contributed by atoms with Crippen LogP contribution in [0.15, 0.2) is 36.5 Å². The van der Waals surface area contributed by atoms with Crippen molar-refractivity contribution < 1.29 is 13.9 Å². The fourth-order valence-corrected chi connectivity index (χ4v) is 5.24. The first-order valence-corrected chi connectivity index (χ1v) is 11.9. The van der Waals surface area contributed by atoms with Gasteiger partial charge in [0.25, 0.3) is 0 Å². The van der Waals surface area contributed by atoms with Crippen LogP contribution >= 0.6 is 18.5 Å². The molecule has 0 bridgehead atoms. The number of methoxy groups -OCH3 is 1. The Bertz CT molecular complexity index is 948. The average Bonchev–Trinajstić information content (AvgIpc) is 3.14. The largest absolute Gasteiger partial charge is 0.381 e. The predicted octanol–water partition coefficient (Wildman–Crippen LogP) is 4.69. The molecule has 2 unspecified atom stereocenters. The molecule has 2 heterocycles. The fraction of sp³-hybridized carbons (Fsp3) is 0.478. The van der Waals surface area contributed by atoms with E-state index in [0.717, 1.165) is 45.2 Å². The van der Waals surface area contributed by atoms with Crippen molar-refractivity contribution in [3.63, 3.8) is 0 Å². The number of amides is 1. The van der Waals surface area contributed by atoms with Crippen molar-refractivity contribution in [2.75, 3.05) is 30.4 Å². The number of rotatable bonds is 5. The number of carbonyl (C=O) groups excluding carboxylic acids is 1. The van der Waals surface area contributed by atoms with E-state index in [1.165, 1.54) is 6.07 Å². The van der Waals surface area contributed by atoms with E-state index < -0.39 is 0 Å². The van der Waals surface area contributed by atoms with E-state index in [4.69, 9.17) is 4.74 Å². The van der Waals surface area contributed by atoms with Crippen molar-refractivity contribution in [1.29, 1.82) is 0 Å². The number of nitrogens with zero attached hydrogens (tertiary/aromatic N) is 2. The summed E-state index contributed by atoms with van der Waals surface area (Å²) >= 11 is 0. The van der Waals surface area contributed by atoms with E-state index in [-0.39, 0.29) is 28.6 Å². The third kappa shape index (κ3) is 5.08. The number of benzene rings is 1. The number of anilines is 2. The number of pyridine rings is 1. The van der Waals surface area contributed by atoms with E-state index in [1.807, 2.05) is 6.07 Å². The zero-order valence-electron chi connectivity index (χ0n) is 17.8. The summed E-state index contributed by atoms with van der Waals surface area (Å²) in [5.41, 5.74) is 1.72. The lowest BCUT2D eigenvalue weighted by molar-refractivity contribution is -0.121. The Labute approximate surface area is 187 Å². The summed E-state index contributed by atoms with van der Waals surface area (Å²) in [5.74, 6) is 0.285. The number of hydrogen-bond donors (Lipinski definition) is 1. The van der Waals surface area contributed by atoms with Crippen molar-refractivity contribution in [2.45, 2.75) is 43.1 Å². The Balaban J connectivity index is 1.68. The molecule has 31 heavy (non-hydrogen) atoms. The maximum Gasteiger partial charge on any atom is 0.227 e. The van der Waals surface area contributed by atoms with Crippen molar-refractivity contribution in [2.24, 2.45) is 5.92 Å². The lowest BCUT2D eigenvalue weighted by atomic mass is 9.86. The van der Waals surface area contributed by atoms with Gasteiger partial charge in [0.2, 0.25) is 5.91 Å². The maximum atomic E-state index is 14.7. The smallest absolute Gasteiger partial charge is 0.227 e. The summed E-state index contributed by atoms with van der Waals surface area (Å²) < 4.78 is 20.1. The molecular formula is C23H30FN3O2P2. The normalized spacial score (nSPS) is 23.0. The van der Waals surface area contributed by atoms with Gasteiger partial charge in [0.15, 0.2) is 5.82 Å². The van der Waals surface area contributed by atoms with E-state index in [0.29, 0.717) is 22.6 Å². The lowest BCUT2D eigenvalue weighted by Gasteiger charge is -2.28. The molecule has 1 aromatic carbocycles. The molecule has 0 radical (unpaired) electrons. The van der Waals surface area contributed by atoms with Crippen molar-refractivity contribution in [1.82, 2.24) is 4.98 Å². The Morgan fingerprint density at radius 2 is 1.94 bits per heavy atom. The van der Waals surface area contributed by atoms with Crippen LogP contribution in [0.1, 0.15) is 32.1 Å². The molecule has 5 nitrogen and oxygen atoms in total.